The molecule has 1 N–H and O–H groups in total. The minimum atomic E-state index is 0. The smallest absolute Gasteiger partial charge is 0.236 e. The summed E-state index contributed by atoms with van der Waals surface area (Å²) in [7, 11) is 2.02. The minimum Gasteiger partial charge on any atom is -0.339 e. The molecule has 1 amide bonds. The third-order valence-electron chi connectivity index (χ3n) is 3.82. The highest BCUT2D eigenvalue weighted by molar-refractivity contribution is 5.85. The highest BCUT2D eigenvalue weighted by Gasteiger charge is 2.17. The highest BCUT2D eigenvalue weighted by Crippen LogP contribution is 2.12. The maximum Gasteiger partial charge on any atom is 0.236 e. The summed E-state index contributed by atoms with van der Waals surface area (Å²) < 4.78 is 0. The van der Waals surface area contributed by atoms with Crippen molar-refractivity contribution in [1.82, 2.24) is 15.1 Å². The number of likely N-dealkylation sites (N-methyl/N-ethyl adjacent to an activating group) is 1. The topological polar surface area (TPSA) is 35.6 Å². The molecule has 4 nitrogen and oxygen atoms in total. The monoisotopic (exact) mass is 311 g/mol. The number of hydrogen-bond acceptors (Lipinski definition) is 3. The SMILES string of the molecule is Cc1ccc(C)c(CN(C)CC(=O)N2CCNCC2)c1.Cl. The molecule has 1 heterocycles. The molecule has 1 aliphatic heterocycles. The van der Waals surface area contributed by atoms with Gasteiger partial charge in [0, 0.05) is 32.7 Å². The van der Waals surface area contributed by atoms with Crippen LogP contribution in [0.1, 0.15) is 16.7 Å². The maximum absolute atomic E-state index is 12.2. The summed E-state index contributed by atoms with van der Waals surface area (Å²) in [6.07, 6.45) is 0. The molecule has 1 saturated heterocycles. The molecule has 1 aromatic carbocycles. The van der Waals surface area contributed by atoms with E-state index < -0.39 is 0 Å². The predicted molar refractivity (Wildman–Crippen MR) is 88.9 cm³/mol. The average molecular weight is 312 g/mol. The molecule has 1 aromatic rings. The Balaban J connectivity index is 0.00000220. The molecule has 0 radical (unpaired) electrons. The van der Waals surface area contributed by atoms with Gasteiger partial charge in [0.15, 0.2) is 0 Å². The molecule has 1 fully saturated rings. The number of amides is 1. The van der Waals surface area contributed by atoms with E-state index in [0.717, 1.165) is 32.7 Å². The van der Waals surface area contributed by atoms with Crippen LogP contribution in [0.25, 0.3) is 0 Å². The van der Waals surface area contributed by atoms with E-state index in [1.54, 1.807) is 0 Å². The molecule has 5 heteroatoms. The van der Waals surface area contributed by atoms with E-state index in [0.29, 0.717) is 6.54 Å². The molecule has 21 heavy (non-hydrogen) atoms. The van der Waals surface area contributed by atoms with Crippen molar-refractivity contribution in [1.29, 1.82) is 0 Å². The van der Waals surface area contributed by atoms with Crippen LogP contribution in [0.15, 0.2) is 18.2 Å². The number of benzene rings is 1. The standard InChI is InChI=1S/C16H25N3O.ClH/c1-13-4-5-14(2)15(10-13)11-18(3)12-16(20)19-8-6-17-7-9-19;/h4-5,10,17H,6-9,11-12H2,1-3H3;1H. The third-order valence-corrected chi connectivity index (χ3v) is 3.82. The van der Waals surface area contributed by atoms with Crippen LogP contribution in [-0.4, -0.2) is 55.5 Å². The Hall–Kier alpha value is -1.10. The normalized spacial score (nSPS) is 15.0. The Morgan fingerprint density at radius 2 is 1.95 bits per heavy atom. The number of carbonyl (C=O) groups excluding carboxylic acids is 1. The quantitative estimate of drug-likeness (QED) is 0.917. The van der Waals surface area contributed by atoms with Crippen molar-refractivity contribution in [3.63, 3.8) is 0 Å². The van der Waals surface area contributed by atoms with E-state index in [1.807, 2.05) is 11.9 Å². The van der Waals surface area contributed by atoms with Crippen LogP contribution in [0, 0.1) is 13.8 Å². The molecule has 2 rings (SSSR count). The number of halogens is 1. The van der Waals surface area contributed by atoms with Crippen LogP contribution in [0.2, 0.25) is 0 Å². The molecule has 0 aliphatic carbocycles. The summed E-state index contributed by atoms with van der Waals surface area (Å²) in [5.41, 5.74) is 3.87. The summed E-state index contributed by atoms with van der Waals surface area (Å²) in [6, 6.07) is 6.49. The van der Waals surface area contributed by atoms with Crippen LogP contribution in [-0.2, 0) is 11.3 Å². The van der Waals surface area contributed by atoms with Crippen LogP contribution >= 0.6 is 12.4 Å². The lowest BCUT2D eigenvalue weighted by Gasteiger charge is -2.29. The Kier molecular flexibility index (Phi) is 7.15. The Morgan fingerprint density at radius 3 is 2.62 bits per heavy atom. The second kappa shape index (κ2) is 8.37. The van der Waals surface area contributed by atoms with E-state index in [2.05, 4.69) is 42.3 Å². The molecule has 0 saturated carbocycles. The van der Waals surface area contributed by atoms with Gasteiger partial charge in [-0.25, -0.2) is 0 Å². The number of piperazine rings is 1. The summed E-state index contributed by atoms with van der Waals surface area (Å²) in [4.78, 5) is 16.3. The highest BCUT2D eigenvalue weighted by atomic mass is 35.5. The van der Waals surface area contributed by atoms with Gasteiger partial charge in [-0.3, -0.25) is 9.69 Å². The summed E-state index contributed by atoms with van der Waals surface area (Å²) in [5.74, 6) is 0.235. The van der Waals surface area contributed by atoms with Crippen LogP contribution in [0.5, 0.6) is 0 Å². The lowest BCUT2D eigenvalue weighted by Crippen LogP contribution is -2.49. The van der Waals surface area contributed by atoms with Crippen LogP contribution in [0.3, 0.4) is 0 Å². The zero-order valence-electron chi connectivity index (χ0n) is 13.2. The predicted octanol–water partition coefficient (Wildman–Crippen LogP) is 1.59. The van der Waals surface area contributed by atoms with E-state index in [1.165, 1.54) is 16.7 Å². The molecule has 0 aromatic heterocycles. The van der Waals surface area contributed by atoms with Gasteiger partial charge in [-0.1, -0.05) is 23.8 Å². The van der Waals surface area contributed by atoms with Crippen molar-refractivity contribution >= 4 is 18.3 Å². The van der Waals surface area contributed by atoms with Gasteiger partial charge in [0.25, 0.3) is 0 Å². The van der Waals surface area contributed by atoms with Gasteiger partial charge >= 0.3 is 0 Å². The fourth-order valence-electron chi connectivity index (χ4n) is 2.56. The van der Waals surface area contributed by atoms with Crippen LogP contribution in [0.4, 0.5) is 0 Å². The first-order chi connectivity index (χ1) is 9.56. The van der Waals surface area contributed by atoms with E-state index >= 15 is 0 Å². The fourth-order valence-corrected chi connectivity index (χ4v) is 2.56. The van der Waals surface area contributed by atoms with Gasteiger partial charge in [-0.2, -0.15) is 0 Å². The molecule has 0 bridgehead atoms. The van der Waals surface area contributed by atoms with Gasteiger partial charge in [-0.15, -0.1) is 12.4 Å². The Labute approximate surface area is 133 Å². The Bertz CT molecular complexity index is 473. The molecule has 1 aliphatic rings. The van der Waals surface area contributed by atoms with Gasteiger partial charge in [0.2, 0.25) is 5.91 Å². The first kappa shape index (κ1) is 18.0. The zero-order valence-corrected chi connectivity index (χ0v) is 14.0. The lowest BCUT2D eigenvalue weighted by molar-refractivity contribution is -0.132. The number of rotatable bonds is 4. The van der Waals surface area contributed by atoms with Crippen LogP contribution < -0.4 is 5.32 Å². The summed E-state index contributed by atoms with van der Waals surface area (Å²) >= 11 is 0. The molecular formula is C16H26ClN3O. The first-order valence-electron chi connectivity index (χ1n) is 7.29. The van der Waals surface area contributed by atoms with Gasteiger partial charge in [0.1, 0.15) is 0 Å². The Morgan fingerprint density at radius 1 is 1.29 bits per heavy atom. The van der Waals surface area contributed by atoms with Crippen molar-refractivity contribution in [3.05, 3.63) is 34.9 Å². The molecular weight excluding hydrogens is 286 g/mol. The number of hydrogen-bond donors (Lipinski definition) is 1. The largest absolute Gasteiger partial charge is 0.339 e. The number of nitrogens with zero attached hydrogens (tertiary/aromatic N) is 2. The molecule has 0 atom stereocenters. The van der Waals surface area contributed by atoms with Gasteiger partial charge < -0.3 is 10.2 Å². The lowest BCUT2D eigenvalue weighted by atomic mass is 10.1. The number of carbonyl (C=O) groups is 1. The third kappa shape index (κ3) is 5.30. The molecule has 118 valence electrons. The van der Waals surface area contributed by atoms with E-state index in [9.17, 15) is 4.79 Å². The second-order valence-corrected chi connectivity index (χ2v) is 5.73. The summed E-state index contributed by atoms with van der Waals surface area (Å²) in [5, 5.41) is 3.27. The van der Waals surface area contributed by atoms with Gasteiger partial charge in [0.05, 0.1) is 6.54 Å². The second-order valence-electron chi connectivity index (χ2n) is 5.73. The number of aryl methyl sites for hydroxylation is 2. The zero-order chi connectivity index (χ0) is 14.5. The first-order valence-corrected chi connectivity index (χ1v) is 7.29. The van der Waals surface area contributed by atoms with Crippen molar-refractivity contribution in [2.45, 2.75) is 20.4 Å². The van der Waals surface area contributed by atoms with Crippen molar-refractivity contribution in [2.75, 3.05) is 39.8 Å². The van der Waals surface area contributed by atoms with Gasteiger partial charge in [-0.05, 0) is 32.0 Å². The van der Waals surface area contributed by atoms with E-state index in [4.69, 9.17) is 0 Å². The number of nitrogens with one attached hydrogen (secondary N) is 1. The minimum absolute atomic E-state index is 0. The maximum atomic E-state index is 12.2. The summed E-state index contributed by atoms with van der Waals surface area (Å²) in [6.45, 7) is 9.03. The fraction of sp³-hybridized carbons (Fsp3) is 0.562. The van der Waals surface area contributed by atoms with Crippen molar-refractivity contribution < 1.29 is 4.79 Å². The molecule has 0 spiro atoms. The van der Waals surface area contributed by atoms with E-state index in [-0.39, 0.29) is 18.3 Å². The van der Waals surface area contributed by atoms with Crippen molar-refractivity contribution in [2.24, 2.45) is 0 Å². The molecule has 0 unspecified atom stereocenters. The van der Waals surface area contributed by atoms with Crippen molar-refractivity contribution in [3.8, 4) is 0 Å². The average Bonchev–Trinajstić information content (AvgIpc) is 2.43.